The molecule has 0 aliphatic carbocycles. The molecule has 0 heterocycles. The van der Waals surface area contributed by atoms with Crippen molar-refractivity contribution in [2.24, 2.45) is 0 Å². The zero-order valence-corrected chi connectivity index (χ0v) is 12.6. The zero-order valence-electron chi connectivity index (χ0n) is 12.6. The number of nitro groups is 1. The summed E-state index contributed by atoms with van der Waals surface area (Å²) in [5.41, 5.74) is -1.23. The highest BCUT2D eigenvalue weighted by molar-refractivity contribution is 5.94. The Labute approximate surface area is 138 Å². The summed E-state index contributed by atoms with van der Waals surface area (Å²) in [5, 5.41) is 12.8. The van der Waals surface area contributed by atoms with Gasteiger partial charge in [-0.25, -0.2) is 17.6 Å². The fourth-order valence-corrected chi connectivity index (χ4v) is 1.83. The second kappa shape index (κ2) is 7.16. The number of nitrogens with one attached hydrogen (secondary N) is 1. The predicted octanol–water partition coefficient (Wildman–Crippen LogP) is 3.56. The average molecular weight is 358 g/mol. The van der Waals surface area contributed by atoms with Gasteiger partial charge in [-0.3, -0.25) is 14.9 Å². The maximum Gasteiger partial charge on any atom is 0.311 e. The summed E-state index contributed by atoms with van der Waals surface area (Å²) in [6, 6.07) is 3.80. The molecule has 1 N–H and O–H groups in total. The van der Waals surface area contributed by atoms with Crippen molar-refractivity contribution in [2.45, 2.75) is 13.0 Å². The standard InChI is InChI=1S/C15H10F4N2O4/c1-7(25-12-6-8(16)2-5-11(12)21(23)24)15(22)20-10-4-3-9(17)13(18)14(10)19/h2-7H,1H3,(H,20,22)/t7-/m1/s1. The van der Waals surface area contributed by atoms with Gasteiger partial charge in [-0.2, -0.15) is 0 Å². The van der Waals surface area contributed by atoms with Gasteiger partial charge >= 0.3 is 5.69 Å². The number of rotatable bonds is 5. The van der Waals surface area contributed by atoms with Crippen molar-refractivity contribution in [1.29, 1.82) is 0 Å². The molecular formula is C15H10F4N2O4. The number of carbonyl (C=O) groups is 1. The topological polar surface area (TPSA) is 81.5 Å². The van der Waals surface area contributed by atoms with E-state index < -0.39 is 57.3 Å². The first-order valence-electron chi connectivity index (χ1n) is 6.75. The summed E-state index contributed by atoms with van der Waals surface area (Å²) < 4.78 is 57.7. The van der Waals surface area contributed by atoms with Crippen molar-refractivity contribution < 1.29 is 32.0 Å². The van der Waals surface area contributed by atoms with Crippen molar-refractivity contribution in [2.75, 3.05) is 5.32 Å². The summed E-state index contributed by atoms with van der Waals surface area (Å²) in [7, 11) is 0. The molecule has 132 valence electrons. The second-order valence-electron chi connectivity index (χ2n) is 4.84. The number of ether oxygens (including phenoxy) is 1. The lowest BCUT2D eigenvalue weighted by atomic mass is 10.2. The Morgan fingerprint density at radius 3 is 2.48 bits per heavy atom. The lowest BCUT2D eigenvalue weighted by Gasteiger charge is -2.15. The summed E-state index contributed by atoms with van der Waals surface area (Å²) in [4.78, 5) is 22.0. The van der Waals surface area contributed by atoms with Crippen molar-refractivity contribution in [3.63, 3.8) is 0 Å². The fraction of sp³-hybridized carbons (Fsp3) is 0.133. The van der Waals surface area contributed by atoms with E-state index in [1.807, 2.05) is 5.32 Å². The van der Waals surface area contributed by atoms with E-state index in [4.69, 9.17) is 4.74 Å². The average Bonchev–Trinajstić information content (AvgIpc) is 2.55. The molecule has 0 saturated heterocycles. The van der Waals surface area contributed by atoms with Crippen LogP contribution in [0.15, 0.2) is 30.3 Å². The molecule has 0 bridgehead atoms. The van der Waals surface area contributed by atoms with Crippen LogP contribution in [-0.4, -0.2) is 16.9 Å². The van der Waals surface area contributed by atoms with E-state index in [1.165, 1.54) is 0 Å². The lowest BCUT2D eigenvalue weighted by Crippen LogP contribution is -2.30. The maximum absolute atomic E-state index is 13.5. The van der Waals surface area contributed by atoms with E-state index in [9.17, 15) is 32.5 Å². The van der Waals surface area contributed by atoms with Gasteiger partial charge in [0.05, 0.1) is 10.6 Å². The normalized spacial score (nSPS) is 11.7. The molecule has 25 heavy (non-hydrogen) atoms. The minimum atomic E-state index is -1.77. The molecule has 0 unspecified atom stereocenters. The smallest absolute Gasteiger partial charge is 0.311 e. The summed E-state index contributed by atoms with van der Waals surface area (Å²) in [5.74, 6) is -7.18. The molecule has 0 spiro atoms. The molecule has 0 aromatic heterocycles. The Balaban J connectivity index is 2.18. The van der Waals surface area contributed by atoms with Crippen molar-refractivity contribution >= 4 is 17.3 Å². The highest BCUT2D eigenvalue weighted by Crippen LogP contribution is 2.28. The molecule has 2 aromatic carbocycles. The predicted molar refractivity (Wildman–Crippen MR) is 78.1 cm³/mol. The molecule has 10 heteroatoms. The van der Waals surface area contributed by atoms with Gasteiger partial charge in [-0.1, -0.05) is 0 Å². The molecule has 1 atom stereocenters. The van der Waals surface area contributed by atoms with E-state index in [0.29, 0.717) is 12.1 Å². The van der Waals surface area contributed by atoms with Crippen LogP contribution in [0.5, 0.6) is 5.75 Å². The first-order chi connectivity index (χ1) is 11.7. The summed E-state index contributed by atoms with van der Waals surface area (Å²) >= 11 is 0. The number of nitrogens with zero attached hydrogens (tertiary/aromatic N) is 1. The molecule has 2 rings (SSSR count). The summed E-state index contributed by atoms with van der Waals surface area (Å²) in [6.07, 6.45) is -1.42. The zero-order chi connectivity index (χ0) is 18.7. The molecule has 0 saturated carbocycles. The Kier molecular flexibility index (Phi) is 5.20. The van der Waals surface area contributed by atoms with Gasteiger partial charge in [0, 0.05) is 12.1 Å². The van der Waals surface area contributed by atoms with E-state index in [1.54, 1.807) is 0 Å². The van der Waals surface area contributed by atoms with Crippen LogP contribution in [0, 0.1) is 33.4 Å². The third-order valence-electron chi connectivity index (χ3n) is 3.08. The van der Waals surface area contributed by atoms with Crippen molar-refractivity contribution in [3.8, 4) is 5.75 Å². The van der Waals surface area contributed by atoms with Crippen LogP contribution in [0.25, 0.3) is 0 Å². The van der Waals surface area contributed by atoms with Gasteiger partial charge in [0.2, 0.25) is 5.75 Å². The second-order valence-corrected chi connectivity index (χ2v) is 4.84. The van der Waals surface area contributed by atoms with Crippen LogP contribution in [0.3, 0.4) is 0 Å². The number of anilines is 1. The molecule has 0 fully saturated rings. The van der Waals surface area contributed by atoms with Crippen LogP contribution in [-0.2, 0) is 4.79 Å². The number of benzene rings is 2. The third-order valence-corrected chi connectivity index (χ3v) is 3.08. The fourth-order valence-electron chi connectivity index (χ4n) is 1.83. The van der Waals surface area contributed by atoms with Gasteiger partial charge in [0.1, 0.15) is 5.82 Å². The minimum absolute atomic E-state index is 0.515. The highest BCUT2D eigenvalue weighted by Gasteiger charge is 2.23. The Hall–Kier alpha value is -3.17. The van der Waals surface area contributed by atoms with Crippen molar-refractivity contribution in [1.82, 2.24) is 0 Å². The molecule has 6 nitrogen and oxygen atoms in total. The molecule has 2 aromatic rings. The minimum Gasteiger partial charge on any atom is -0.474 e. The largest absolute Gasteiger partial charge is 0.474 e. The van der Waals surface area contributed by atoms with E-state index in [2.05, 4.69) is 0 Å². The van der Waals surface area contributed by atoms with Gasteiger partial charge in [0.25, 0.3) is 5.91 Å². The maximum atomic E-state index is 13.5. The van der Waals surface area contributed by atoms with Gasteiger partial charge in [-0.15, -0.1) is 0 Å². The van der Waals surface area contributed by atoms with Crippen LogP contribution < -0.4 is 10.1 Å². The van der Waals surface area contributed by atoms with Crippen LogP contribution in [0.1, 0.15) is 6.92 Å². The number of hydrogen-bond donors (Lipinski definition) is 1. The van der Waals surface area contributed by atoms with Gasteiger partial charge in [-0.05, 0) is 25.1 Å². The lowest BCUT2D eigenvalue weighted by molar-refractivity contribution is -0.386. The number of carbonyl (C=O) groups excluding carboxylic acids is 1. The summed E-state index contributed by atoms with van der Waals surface area (Å²) in [6.45, 7) is 1.15. The molecule has 0 aliphatic heterocycles. The number of hydrogen-bond acceptors (Lipinski definition) is 4. The first-order valence-corrected chi connectivity index (χ1v) is 6.75. The third kappa shape index (κ3) is 4.03. The quantitative estimate of drug-likeness (QED) is 0.384. The SMILES string of the molecule is C[C@@H](Oc1cc(F)ccc1[N+](=O)[O-])C(=O)Nc1ccc(F)c(F)c1F. The van der Waals surface area contributed by atoms with Gasteiger partial charge in [0.15, 0.2) is 23.6 Å². The molecule has 0 radical (unpaired) electrons. The van der Waals surface area contributed by atoms with Crippen LogP contribution >= 0.6 is 0 Å². The van der Waals surface area contributed by atoms with E-state index in [-0.39, 0.29) is 0 Å². The molecule has 0 aliphatic rings. The van der Waals surface area contributed by atoms with E-state index >= 15 is 0 Å². The van der Waals surface area contributed by atoms with Crippen molar-refractivity contribution in [3.05, 3.63) is 63.7 Å². The number of amides is 1. The van der Waals surface area contributed by atoms with Gasteiger partial charge < -0.3 is 10.1 Å². The van der Waals surface area contributed by atoms with Crippen LogP contribution in [0.4, 0.5) is 28.9 Å². The Bertz CT molecular complexity index is 845. The first kappa shape index (κ1) is 18.2. The number of nitro benzene ring substituents is 1. The molecular weight excluding hydrogens is 348 g/mol. The molecule has 1 amide bonds. The Morgan fingerprint density at radius 2 is 1.84 bits per heavy atom. The highest BCUT2D eigenvalue weighted by atomic mass is 19.2. The monoisotopic (exact) mass is 358 g/mol. The van der Waals surface area contributed by atoms with Crippen LogP contribution in [0.2, 0.25) is 0 Å². The number of halogens is 4. The van der Waals surface area contributed by atoms with E-state index in [0.717, 1.165) is 25.1 Å². The Morgan fingerprint density at radius 1 is 1.16 bits per heavy atom.